The molecule has 2 aromatic rings. The molecular formula is C16H18F3IN2S. The van der Waals surface area contributed by atoms with Gasteiger partial charge in [0.05, 0.1) is 19.7 Å². The highest BCUT2D eigenvalue weighted by atomic mass is 127. The molecule has 126 valence electrons. The molecule has 0 aliphatic carbocycles. The minimum atomic E-state index is -4.18. The Hall–Kier alpha value is -0.540. The zero-order valence-corrected chi connectivity index (χ0v) is 15.7. The Bertz CT molecular complexity index is 690. The summed E-state index contributed by atoms with van der Waals surface area (Å²) < 4.78 is 40.1. The highest BCUT2D eigenvalue weighted by Gasteiger charge is 2.31. The molecule has 0 bridgehead atoms. The minimum absolute atomic E-state index is 0.391. The Morgan fingerprint density at radius 1 is 1.30 bits per heavy atom. The van der Waals surface area contributed by atoms with Crippen molar-refractivity contribution < 1.29 is 13.2 Å². The number of thiophene rings is 1. The van der Waals surface area contributed by atoms with Crippen LogP contribution in [-0.2, 0) is 6.42 Å². The van der Waals surface area contributed by atoms with Crippen LogP contribution in [0.25, 0.3) is 10.1 Å². The first-order chi connectivity index (χ1) is 10.8. The first-order valence-corrected chi connectivity index (χ1v) is 9.45. The van der Waals surface area contributed by atoms with Crippen molar-refractivity contribution in [2.75, 3.05) is 25.5 Å². The second kappa shape index (κ2) is 6.76. The SMILES string of the molecule is CN1CCC(Nc2cccc3c(CC(F)(F)F)c(I)sc23)CC1. The molecule has 1 saturated heterocycles. The Morgan fingerprint density at radius 3 is 2.65 bits per heavy atom. The number of nitrogens with zero attached hydrogens (tertiary/aromatic N) is 1. The molecule has 0 unspecified atom stereocenters. The number of nitrogens with one attached hydrogen (secondary N) is 1. The number of anilines is 1. The molecule has 3 rings (SSSR count). The van der Waals surface area contributed by atoms with E-state index < -0.39 is 12.6 Å². The highest BCUT2D eigenvalue weighted by Crippen LogP contribution is 2.40. The maximum atomic E-state index is 12.8. The van der Waals surface area contributed by atoms with E-state index >= 15 is 0 Å². The van der Waals surface area contributed by atoms with Gasteiger partial charge < -0.3 is 10.2 Å². The largest absolute Gasteiger partial charge is 0.393 e. The van der Waals surface area contributed by atoms with Gasteiger partial charge in [0.25, 0.3) is 0 Å². The van der Waals surface area contributed by atoms with E-state index in [0.717, 1.165) is 44.6 Å². The predicted octanol–water partition coefficient (Wildman–Crippen LogP) is 5.12. The van der Waals surface area contributed by atoms with Crippen LogP contribution in [0.3, 0.4) is 0 Å². The molecule has 1 aliphatic rings. The second-order valence-corrected chi connectivity index (χ2v) is 8.88. The maximum absolute atomic E-state index is 12.8. The Morgan fingerprint density at radius 2 is 2.00 bits per heavy atom. The van der Waals surface area contributed by atoms with E-state index in [1.165, 1.54) is 11.3 Å². The fourth-order valence-electron chi connectivity index (χ4n) is 2.99. The maximum Gasteiger partial charge on any atom is 0.393 e. The van der Waals surface area contributed by atoms with Crippen LogP contribution >= 0.6 is 33.9 Å². The summed E-state index contributed by atoms with van der Waals surface area (Å²) >= 11 is 3.48. The third kappa shape index (κ3) is 4.11. The van der Waals surface area contributed by atoms with E-state index in [4.69, 9.17) is 0 Å². The molecule has 2 nitrogen and oxygen atoms in total. The number of likely N-dealkylation sites (tertiary alicyclic amines) is 1. The van der Waals surface area contributed by atoms with Crippen molar-refractivity contribution in [3.05, 3.63) is 26.6 Å². The lowest BCUT2D eigenvalue weighted by Gasteiger charge is -2.30. The Kier molecular flexibility index (Phi) is 5.08. The first kappa shape index (κ1) is 17.3. The van der Waals surface area contributed by atoms with E-state index in [-0.39, 0.29) is 0 Å². The number of piperidine rings is 1. The Labute approximate surface area is 151 Å². The third-order valence-electron chi connectivity index (χ3n) is 4.22. The van der Waals surface area contributed by atoms with E-state index in [0.29, 0.717) is 11.6 Å². The summed E-state index contributed by atoms with van der Waals surface area (Å²) in [6.45, 7) is 2.10. The van der Waals surface area contributed by atoms with Crippen LogP contribution < -0.4 is 5.32 Å². The zero-order valence-electron chi connectivity index (χ0n) is 12.7. The summed E-state index contributed by atoms with van der Waals surface area (Å²) in [4.78, 5) is 2.30. The second-order valence-electron chi connectivity index (χ2n) is 6.05. The predicted molar refractivity (Wildman–Crippen MR) is 98.4 cm³/mol. The van der Waals surface area contributed by atoms with Gasteiger partial charge in [-0.25, -0.2) is 0 Å². The molecule has 1 aromatic carbocycles. The molecule has 0 spiro atoms. The standard InChI is InChI=1S/C16H18F3IN2S/c1-22-7-5-10(6-8-22)21-13-4-2-3-11-12(9-16(17,18)19)15(20)23-14(11)13/h2-4,10,21H,5-9H2,1H3. The van der Waals surface area contributed by atoms with Gasteiger partial charge in [-0.1, -0.05) is 12.1 Å². The van der Waals surface area contributed by atoms with Gasteiger partial charge in [-0.15, -0.1) is 11.3 Å². The van der Waals surface area contributed by atoms with Gasteiger partial charge in [0, 0.05) is 6.04 Å². The normalized spacial score (nSPS) is 17.8. The molecular weight excluding hydrogens is 436 g/mol. The molecule has 0 amide bonds. The van der Waals surface area contributed by atoms with Crippen LogP contribution in [0.4, 0.5) is 18.9 Å². The molecule has 0 radical (unpaired) electrons. The minimum Gasteiger partial charge on any atom is -0.381 e. The number of fused-ring (bicyclic) bond motifs is 1. The number of alkyl halides is 3. The molecule has 23 heavy (non-hydrogen) atoms. The summed E-state index contributed by atoms with van der Waals surface area (Å²) in [6, 6.07) is 6.02. The number of hydrogen-bond acceptors (Lipinski definition) is 3. The molecule has 1 aromatic heterocycles. The van der Waals surface area contributed by atoms with Crippen LogP contribution in [0.2, 0.25) is 0 Å². The number of halogens is 4. The van der Waals surface area contributed by atoms with Gasteiger partial charge in [-0.05, 0) is 72.6 Å². The fraction of sp³-hybridized carbons (Fsp3) is 0.500. The lowest BCUT2D eigenvalue weighted by atomic mass is 10.0. The van der Waals surface area contributed by atoms with Gasteiger partial charge >= 0.3 is 6.18 Å². The summed E-state index contributed by atoms with van der Waals surface area (Å²) in [5, 5.41) is 4.28. The smallest absolute Gasteiger partial charge is 0.381 e. The average molecular weight is 454 g/mol. The van der Waals surface area contributed by atoms with Crippen molar-refractivity contribution in [2.24, 2.45) is 0 Å². The van der Waals surface area contributed by atoms with Crippen LogP contribution in [0.15, 0.2) is 18.2 Å². The van der Waals surface area contributed by atoms with E-state index in [1.807, 2.05) is 34.7 Å². The molecule has 7 heteroatoms. The quantitative estimate of drug-likeness (QED) is 0.649. The summed E-state index contributed by atoms with van der Waals surface area (Å²) in [5.74, 6) is 0. The van der Waals surface area contributed by atoms with Gasteiger partial charge in [0.15, 0.2) is 0 Å². The zero-order chi connectivity index (χ0) is 16.6. The van der Waals surface area contributed by atoms with Gasteiger partial charge in [0.1, 0.15) is 0 Å². The van der Waals surface area contributed by atoms with Gasteiger partial charge in [-0.3, -0.25) is 0 Å². The van der Waals surface area contributed by atoms with Crippen molar-refractivity contribution in [3.8, 4) is 0 Å². The van der Waals surface area contributed by atoms with Crippen molar-refractivity contribution in [2.45, 2.75) is 31.5 Å². The first-order valence-electron chi connectivity index (χ1n) is 7.55. The van der Waals surface area contributed by atoms with Gasteiger partial charge in [0.2, 0.25) is 0 Å². The van der Waals surface area contributed by atoms with Crippen LogP contribution in [-0.4, -0.2) is 37.3 Å². The molecule has 1 aliphatic heterocycles. The van der Waals surface area contributed by atoms with Crippen molar-refractivity contribution >= 4 is 49.7 Å². The van der Waals surface area contributed by atoms with E-state index in [9.17, 15) is 13.2 Å². The van der Waals surface area contributed by atoms with Crippen molar-refractivity contribution in [1.82, 2.24) is 4.90 Å². The monoisotopic (exact) mass is 454 g/mol. The molecule has 0 atom stereocenters. The number of benzene rings is 1. The lowest BCUT2D eigenvalue weighted by molar-refractivity contribution is -0.127. The fourth-order valence-corrected chi connectivity index (χ4v) is 5.16. The van der Waals surface area contributed by atoms with Crippen LogP contribution in [0.5, 0.6) is 0 Å². The van der Waals surface area contributed by atoms with E-state index in [2.05, 4.69) is 17.3 Å². The highest BCUT2D eigenvalue weighted by molar-refractivity contribution is 14.1. The van der Waals surface area contributed by atoms with Crippen LogP contribution in [0, 0.1) is 2.88 Å². The van der Waals surface area contributed by atoms with Gasteiger partial charge in [-0.2, -0.15) is 13.2 Å². The number of rotatable bonds is 3. The lowest BCUT2D eigenvalue weighted by Crippen LogP contribution is -2.36. The van der Waals surface area contributed by atoms with E-state index in [1.54, 1.807) is 6.07 Å². The molecule has 0 saturated carbocycles. The summed E-state index contributed by atoms with van der Waals surface area (Å²) in [7, 11) is 2.11. The summed E-state index contributed by atoms with van der Waals surface area (Å²) in [5.41, 5.74) is 1.37. The van der Waals surface area contributed by atoms with Crippen molar-refractivity contribution in [1.29, 1.82) is 0 Å². The molecule has 2 heterocycles. The van der Waals surface area contributed by atoms with Crippen LogP contribution in [0.1, 0.15) is 18.4 Å². The van der Waals surface area contributed by atoms with Crippen molar-refractivity contribution in [3.63, 3.8) is 0 Å². The summed E-state index contributed by atoms with van der Waals surface area (Å²) in [6.07, 6.45) is -2.91. The third-order valence-corrected chi connectivity index (χ3v) is 6.61. The molecule has 1 N–H and O–H groups in total. The number of hydrogen-bond donors (Lipinski definition) is 1. The average Bonchev–Trinajstić information content (AvgIpc) is 2.77. The Balaban J connectivity index is 1.89. The topological polar surface area (TPSA) is 15.3 Å². The molecule has 1 fully saturated rings.